The fourth-order valence-corrected chi connectivity index (χ4v) is 1.68. The number of carboxylic acids is 1. The summed E-state index contributed by atoms with van der Waals surface area (Å²) in [5.74, 6) is -1.91. The van der Waals surface area contributed by atoms with Gasteiger partial charge >= 0.3 is 5.97 Å². The van der Waals surface area contributed by atoms with Gasteiger partial charge in [0.2, 0.25) is 11.8 Å². The number of hydrogen-bond acceptors (Lipinski definition) is 3. The maximum Gasteiger partial charge on any atom is 0.323 e. The Bertz CT molecular complexity index is 293. The van der Waals surface area contributed by atoms with Gasteiger partial charge in [0.25, 0.3) is 0 Å². The molecule has 0 aromatic carbocycles. The Kier molecular flexibility index (Phi) is 3.12. The molecule has 1 saturated heterocycles. The third kappa shape index (κ3) is 2.55. The van der Waals surface area contributed by atoms with Gasteiger partial charge in [-0.25, -0.2) is 0 Å². The first-order chi connectivity index (χ1) is 6.88. The Morgan fingerprint density at radius 1 is 1.40 bits per heavy atom. The van der Waals surface area contributed by atoms with Crippen LogP contribution in [0, 0.1) is 5.41 Å². The molecule has 0 unspecified atom stereocenters. The second kappa shape index (κ2) is 4.00. The summed E-state index contributed by atoms with van der Waals surface area (Å²) in [5.41, 5.74) is -0.302. The lowest BCUT2D eigenvalue weighted by Crippen LogP contribution is -2.48. The first kappa shape index (κ1) is 11.7. The van der Waals surface area contributed by atoms with Crippen LogP contribution in [0.2, 0.25) is 0 Å². The second-order valence-corrected chi connectivity index (χ2v) is 4.29. The maximum atomic E-state index is 11.6. The van der Waals surface area contributed by atoms with Crippen LogP contribution in [0.5, 0.6) is 0 Å². The standard InChI is InChI=1S/C10H15NO4/c1-3-10(2)4-7(12)11(6-9(14)15)8(13)5-10/h3-6H2,1-2H3,(H,14,15). The number of rotatable bonds is 3. The molecule has 1 N–H and O–H groups in total. The molecule has 0 atom stereocenters. The van der Waals surface area contributed by atoms with Gasteiger partial charge in [-0.2, -0.15) is 0 Å². The molecule has 0 radical (unpaired) electrons. The summed E-state index contributed by atoms with van der Waals surface area (Å²) < 4.78 is 0. The summed E-state index contributed by atoms with van der Waals surface area (Å²) in [7, 11) is 0. The Balaban J connectivity index is 2.78. The molecule has 2 amide bonds. The number of amides is 2. The van der Waals surface area contributed by atoms with Crippen LogP contribution in [0.4, 0.5) is 0 Å². The van der Waals surface area contributed by atoms with Crippen molar-refractivity contribution < 1.29 is 19.5 Å². The highest BCUT2D eigenvalue weighted by Gasteiger charge is 2.39. The Hall–Kier alpha value is -1.39. The van der Waals surface area contributed by atoms with E-state index in [-0.39, 0.29) is 30.1 Å². The van der Waals surface area contributed by atoms with E-state index in [0.717, 1.165) is 11.3 Å². The normalized spacial score (nSPS) is 20.5. The quantitative estimate of drug-likeness (QED) is 0.698. The van der Waals surface area contributed by atoms with Crippen molar-refractivity contribution in [2.45, 2.75) is 33.1 Å². The topological polar surface area (TPSA) is 74.7 Å². The molecule has 0 aromatic rings. The van der Waals surface area contributed by atoms with E-state index >= 15 is 0 Å². The molecule has 0 aliphatic carbocycles. The number of aliphatic carboxylic acids is 1. The number of carboxylic acid groups (broad SMARTS) is 1. The lowest BCUT2D eigenvalue weighted by molar-refractivity contribution is -0.158. The van der Waals surface area contributed by atoms with Crippen molar-refractivity contribution in [3.8, 4) is 0 Å². The highest BCUT2D eigenvalue weighted by Crippen LogP contribution is 2.35. The predicted octanol–water partition coefficient (Wildman–Crippen LogP) is 0.636. The van der Waals surface area contributed by atoms with Gasteiger partial charge in [-0.3, -0.25) is 19.3 Å². The van der Waals surface area contributed by atoms with E-state index in [1.165, 1.54) is 0 Å². The number of nitrogens with zero attached hydrogens (tertiary/aromatic N) is 1. The molecule has 5 nitrogen and oxygen atoms in total. The molecular weight excluding hydrogens is 198 g/mol. The molecule has 0 spiro atoms. The maximum absolute atomic E-state index is 11.6. The predicted molar refractivity (Wildman–Crippen MR) is 52.0 cm³/mol. The van der Waals surface area contributed by atoms with Crippen molar-refractivity contribution >= 4 is 17.8 Å². The van der Waals surface area contributed by atoms with Crippen molar-refractivity contribution in [2.24, 2.45) is 5.41 Å². The number of hydrogen-bond donors (Lipinski definition) is 1. The minimum atomic E-state index is -1.16. The minimum Gasteiger partial charge on any atom is -0.480 e. The van der Waals surface area contributed by atoms with Crippen LogP contribution in [0.25, 0.3) is 0 Å². The zero-order valence-corrected chi connectivity index (χ0v) is 8.95. The molecule has 1 aliphatic heterocycles. The third-order valence-corrected chi connectivity index (χ3v) is 2.91. The van der Waals surface area contributed by atoms with E-state index in [4.69, 9.17) is 5.11 Å². The van der Waals surface area contributed by atoms with E-state index in [1.54, 1.807) is 0 Å². The zero-order valence-electron chi connectivity index (χ0n) is 8.95. The van der Waals surface area contributed by atoms with E-state index < -0.39 is 12.5 Å². The van der Waals surface area contributed by atoms with Crippen molar-refractivity contribution in [1.82, 2.24) is 4.90 Å². The lowest BCUT2D eigenvalue weighted by atomic mass is 9.77. The van der Waals surface area contributed by atoms with Gasteiger partial charge in [0.05, 0.1) is 0 Å². The fourth-order valence-electron chi connectivity index (χ4n) is 1.68. The Morgan fingerprint density at radius 2 is 1.87 bits per heavy atom. The zero-order chi connectivity index (χ0) is 11.6. The van der Waals surface area contributed by atoms with Crippen LogP contribution >= 0.6 is 0 Å². The molecule has 1 rings (SSSR count). The van der Waals surface area contributed by atoms with Crippen LogP contribution in [-0.2, 0) is 14.4 Å². The van der Waals surface area contributed by atoms with Gasteiger partial charge < -0.3 is 5.11 Å². The number of carbonyl (C=O) groups excluding carboxylic acids is 2. The summed E-state index contributed by atoms with van der Waals surface area (Å²) in [6, 6.07) is 0. The van der Waals surface area contributed by atoms with Gasteiger partial charge in [-0.05, 0) is 11.8 Å². The van der Waals surface area contributed by atoms with Gasteiger partial charge in [-0.1, -0.05) is 13.8 Å². The monoisotopic (exact) mass is 213 g/mol. The molecule has 15 heavy (non-hydrogen) atoms. The number of carbonyl (C=O) groups is 3. The van der Waals surface area contributed by atoms with Gasteiger partial charge in [0, 0.05) is 12.8 Å². The van der Waals surface area contributed by atoms with E-state index in [9.17, 15) is 14.4 Å². The summed E-state index contributed by atoms with van der Waals surface area (Å²) in [6.07, 6.45) is 1.25. The first-order valence-corrected chi connectivity index (χ1v) is 4.93. The molecule has 1 aliphatic rings. The van der Waals surface area contributed by atoms with E-state index in [2.05, 4.69) is 0 Å². The average Bonchev–Trinajstić information content (AvgIpc) is 2.11. The molecular formula is C10H15NO4. The summed E-state index contributed by atoms with van der Waals surface area (Å²) in [6.45, 7) is 3.28. The Morgan fingerprint density at radius 3 is 2.20 bits per heavy atom. The lowest BCUT2D eigenvalue weighted by Gasteiger charge is -2.35. The smallest absolute Gasteiger partial charge is 0.323 e. The Labute approximate surface area is 88.1 Å². The molecule has 84 valence electrons. The summed E-state index contributed by atoms with van der Waals surface area (Å²) in [4.78, 5) is 34.4. The molecule has 0 saturated carbocycles. The van der Waals surface area contributed by atoms with Crippen LogP contribution in [0.1, 0.15) is 33.1 Å². The van der Waals surface area contributed by atoms with Crippen LogP contribution in [-0.4, -0.2) is 34.3 Å². The van der Waals surface area contributed by atoms with E-state index in [1.807, 2.05) is 13.8 Å². The number of piperidine rings is 1. The summed E-state index contributed by atoms with van der Waals surface area (Å²) >= 11 is 0. The molecule has 0 aromatic heterocycles. The van der Waals surface area contributed by atoms with Crippen molar-refractivity contribution in [3.63, 3.8) is 0 Å². The van der Waals surface area contributed by atoms with Crippen molar-refractivity contribution in [2.75, 3.05) is 6.54 Å². The van der Waals surface area contributed by atoms with Gasteiger partial charge in [0.15, 0.2) is 0 Å². The van der Waals surface area contributed by atoms with Gasteiger partial charge in [-0.15, -0.1) is 0 Å². The first-order valence-electron chi connectivity index (χ1n) is 4.93. The highest BCUT2D eigenvalue weighted by molar-refractivity contribution is 6.00. The van der Waals surface area contributed by atoms with Crippen LogP contribution in [0.3, 0.4) is 0 Å². The fraction of sp³-hybridized carbons (Fsp3) is 0.700. The van der Waals surface area contributed by atoms with Crippen LogP contribution in [0.15, 0.2) is 0 Å². The minimum absolute atomic E-state index is 0.252. The van der Waals surface area contributed by atoms with Gasteiger partial charge in [0.1, 0.15) is 6.54 Å². The van der Waals surface area contributed by atoms with Crippen molar-refractivity contribution in [1.29, 1.82) is 0 Å². The second-order valence-electron chi connectivity index (χ2n) is 4.29. The molecule has 1 fully saturated rings. The molecule has 5 heteroatoms. The number of likely N-dealkylation sites (tertiary alicyclic amines) is 1. The van der Waals surface area contributed by atoms with Crippen LogP contribution < -0.4 is 0 Å². The average molecular weight is 213 g/mol. The van der Waals surface area contributed by atoms with Crippen molar-refractivity contribution in [3.05, 3.63) is 0 Å². The molecule has 0 bridgehead atoms. The number of imide groups is 1. The third-order valence-electron chi connectivity index (χ3n) is 2.91. The summed E-state index contributed by atoms with van der Waals surface area (Å²) in [5, 5.41) is 8.54. The molecule has 1 heterocycles. The van der Waals surface area contributed by atoms with E-state index in [0.29, 0.717) is 0 Å². The SMILES string of the molecule is CCC1(C)CC(=O)N(CC(=O)O)C(=O)C1. The highest BCUT2D eigenvalue weighted by atomic mass is 16.4. The largest absolute Gasteiger partial charge is 0.480 e.